The first-order chi connectivity index (χ1) is 11.5. The number of hydrogen-bond donors (Lipinski definition) is 1. The molecule has 8 heteroatoms. The predicted molar refractivity (Wildman–Crippen MR) is 86.0 cm³/mol. The molecule has 124 valence electrons. The number of carbonyl (C=O) groups is 1. The lowest BCUT2D eigenvalue weighted by molar-refractivity contribution is -0.118. The van der Waals surface area contributed by atoms with Crippen molar-refractivity contribution < 1.29 is 9.18 Å². The van der Waals surface area contributed by atoms with Gasteiger partial charge in [0.2, 0.25) is 5.91 Å². The molecule has 0 fully saturated rings. The molecular weight excluding hydrogens is 313 g/mol. The molecule has 2 heterocycles. The summed E-state index contributed by atoms with van der Waals surface area (Å²) in [5.41, 5.74) is 1.06. The third-order valence-corrected chi connectivity index (χ3v) is 3.59. The molecule has 0 saturated heterocycles. The summed E-state index contributed by atoms with van der Waals surface area (Å²) < 4.78 is 16.0. The van der Waals surface area contributed by atoms with E-state index in [-0.39, 0.29) is 17.3 Å². The highest BCUT2D eigenvalue weighted by Gasteiger charge is 2.10. The summed E-state index contributed by atoms with van der Waals surface area (Å²) in [6, 6.07) is 5.96. The van der Waals surface area contributed by atoms with Crippen molar-refractivity contribution in [1.82, 2.24) is 24.6 Å². The number of nitrogens with zero attached hydrogens (tertiary/aromatic N) is 4. The fourth-order valence-electron chi connectivity index (χ4n) is 2.40. The Kier molecular flexibility index (Phi) is 4.37. The third kappa shape index (κ3) is 3.32. The number of aromatic nitrogens is 4. The molecule has 0 radical (unpaired) electrons. The Morgan fingerprint density at radius 1 is 1.29 bits per heavy atom. The van der Waals surface area contributed by atoms with Gasteiger partial charge >= 0.3 is 0 Å². The monoisotopic (exact) mass is 329 g/mol. The summed E-state index contributed by atoms with van der Waals surface area (Å²) in [5.74, 6) is -0.443. The fraction of sp³-hybridized carbons (Fsp3) is 0.250. The molecule has 3 aromatic rings. The molecule has 0 spiro atoms. The first-order valence-electron chi connectivity index (χ1n) is 7.44. The Morgan fingerprint density at radius 3 is 2.75 bits per heavy atom. The van der Waals surface area contributed by atoms with Crippen LogP contribution in [0.25, 0.3) is 11.0 Å². The molecule has 0 aliphatic rings. The van der Waals surface area contributed by atoms with Gasteiger partial charge in [-0.2, -0.15) is 5.10 Å². The predicted octanol–water partition coefficient (Wildman–Crippen LogP) is 0.916. The minimum absolute atomic E-state index is 0.124. The molecule has 1 amide bonds. The third-order valence-electron chi connectivity index (χ3n) is 3.59. The number of hydrogen-bond acceptors (Lipinski definition) is 4. The zero-order valence-corrected chi connectivity index (χ0v) is 13.1. The van der Waals surface area contributed by atoms with E-state index >= 15 is 0 Å². The lowest BCUT2D eigenvalue weighted by Gasteiger charge is -2.07. The van der Waals surface area contributed by atoms with Gasteiger partial charge in [-0.25, -0.2) is 14.1 Å². The van der Waals surface area contributed by atoms with E-state index in [4.69, 9.17) is 0 Å². The molecule has 24 heavy (non-hydrogen) atoms. The van der Waals surface area contributed by atoms with Gasteiger partial charge in [0.05, 0.1) is 19.3 Å². The average Bonchev–Trinajstić information content (AvgIpc) is 2.96. The number of benzene rings is 1. The first-order valence-corrected chi connectivity index (χ1v) is 7.44. The van der Waals surface area contributed by atoms with Gasteiger partial charge in [0, 0.05) is 13.5 Å². The minimum atomic E-state index is -0.319. The number of carbonyl (C=O) groups excluding carboxylic acids is 1. The number of halogens is 1. The Labute approximate surface area is 136 Å². The second-order valence-electron chi connectivity index (χ2n) is 5.39. The standard InChI is InChI=1S/C16H16FN5O2/c1-11(23)18-6-7-22-15-14(8-20-22)16(24)21(10-19-15)9-12-2-4-13(17)5-3-12/h2-5,8,10H,6-7,9H2,1H3,(H,18,23). The maximum absolute atomic E-state index is 12.9. The molecule has 2 aromatic heterocycles. The van der Waals surface area contributed by atoms with Gasteiger partial charge in [0.15, 0.2) is 5.65 Å². The Bertz CT molecular complexity index is 930. The maximum Gasteiger partial charge on any atom is 0.264 e. The SMILES string of the molecule is CC(=O)NCCn1ncc2c(=O)n(Cc3ccc(F)cc3)cnc21. The van der Waals surface area contributed by atoms with E-state index in [0.29, 0.717) is 30.7 Å². The van der Waals surface area contributed by atoms with Gasteiger partial charge < -0.3 is 5.32 Å². The summed E-state index contributed by atoms with van der Waals surface area (Å²) in [4.78, 5) is 27.7. The molecule has 3 rings (SSSR count). The Hall–Kier alpha value is -3.03. The van der Waals surface area contributed by atoms with E-state index in [9.17, 15) is 14.0 Å². The lowest BCUT2D eigenvalue weighted by atomic mass is 10.2. The molecule has 0 aliphatic heterocycles. The van der Waals surface area contributed by atoms with E-state index in [1.54, 1.807) is 16.8 Å². The van der Waals surface area contributed by atoms with Gasteiger partial charge in [-0.1, -0.05) is 12.1 Å². The highest BCUT2D eigenvalue weighted by atomic mass is 19.1. The number of rotatable bonds is 5. The van der Waals surface area contributed by atoms with Crippen LogP contribution in [0.2, 0.25) is 0 Å². The van der Waals surface area contributed by atoms with Crippen molar-refractivity contribution in [3.8, 4) is 0 Å². The summed E-state index contributed by atoms with van der Waals surface area (Å²) in [7, 11) is 0. The fourth-order valence-corrected chi connectivity index (χ4v) is 2.40. The summed E-state index contributed by atoms with van der Waals surface area (Å²) >= 11 is 0. The molecule has 7 nitrogen and oxygen atoms in total. The van der Waals surface area contributed by atoms with Crippen molar-refractivity contribution in [3.05, 3.63) is 58.5 Å². The molecule has 1 aromatic carbocycles. The van der Waals surface area contributed by atoms with Gasteiger partial charge in [-0.05, 0) is 17.7 Å². The first kappa shape index (κ1) is 15.9. The molecule has 0 atom stereocenters. The number of amides is 1. The molecule has 0 bridgehead atoms. The Balaban J connectivity index is 1.84. The smallest absolute Gasteiger partial charge is 0.264 e. The van der Waals surface area contributed by atoms with Crippen LogP contribution in [0.5, 0.6) is 0 Å². The number of nitrogens with one attached hydrogen (secondary N) is 1. The van der Waals surface area contributed by atoms with Crippen LogP contribution in [0.4, 0.5) is 4.39 Å². The van der Waals surface area contributed by atoms with Crippen molar-refractivity contribution in [2.24, 2.45) is 0 Å². The number of fused-ring (bicyclic) bond motifs is 1. The summed E-state index contributed by atoms with van der Waals surface area (Å²) in [6.07, 6.45) is 2.92. The molecular formula is C16H16FN5O2. The summed E-state index contributed by atoms with van der Waals surface area (Å²) in [5, 5.41) is 7.23. The second-order valence-corrected chi connectivity index (χ2v) is 5.39. The largest absolute Gasteiger partial charge is 0.354 e. The van der Waals surface area contributed by atoms with Crippen molar-refractivity contribution in [2.45, 2.75) is 20.0 Å². The van der Waals surface area contributed by atoms with Crippen LogP contribution in [-0.4, -0.2) is 31.8 Å². The van der Waals surface area contributed by atoms with Crippen molar-refractivity contribution in [3.63, 3.8) is 0 Å². The van der Waals surface area contributed by atoms with E-state index in [2.05, 4.69) is 15.4 Å². The Morgan fingerprint density at radius 2 is 2.04 bits per heavy atom. The molecule has 0 saturated carbocycles. The van der Waals surface area contributed by atoms with E-state index < -0.39 is 0 Å². The van der Waals surface area contributed by atoms with Gasteiger partial charge in [0.1, 0.15) is 17.5 Å². The zero-order chi connectivity index (χ0) is 17.1. The van der Waals surface area contributed by atoms with Crippen LogP contribution in [0.15, 0.2) is 41.6 Å². The van der Waals surface area contributed by atoms with Crippen LogP contribution < -0.4 is 10.9 Å². The van der Waals surface area contributed by atoms with Crippen molar-refractivity contribution in [2.75, 3.05) is 6.54 Å². The average molecular weight is 329 g/mol. The highest BCUT2D eigenvalue weighted by molar-refractivity contribution is 5.73. The molecule has 0 unspecified atom stereocenters. The van der Waals surface area contributed by atoms with E-state index in [0.717, 1.165) is 5.56 Å². The van der Waals surface area contributed by atoms with E-state index in [1.165, 1.54) is 36.1 Å². The lowest BCUT2D eigenvalue weighted by Crippen LogP contribution is -2.25. The second kappa shape index (κ2) is 6.61. The minimum Gasteiger partial charge on any atom is -0.354 e. The highest BCUT2D eigenvalue weighted by Crippen LogP contribution is 2.07. The van der Waals surface area contributed by atoms with Gasteiger partial charge in [0.25, 0.3) is 5.56 Å². The molecule has 1 N–H and O–H groups in total. The normalized spacial score (nSPS) is 10.9. The molecule has 0 aliphatic carbocycles. The summed E-state index contributed by atoms with van der Waals surface area (Å²) in [6.45, 7) is 2.58. The quantitative estimate of drug-likeness (QED) is 0.754. The van der Waals surface area contributed by atoms with Gasteiger partial charge in [-0.15, -0.1) is 0 Å². The van der Waals surface area contributed by atoms with Gasteiger partial charge in [-0.3, -0.25) is 14.2 Å². The van der Waals surface area contributed by atoms with Crippen LogP contribution in [0, 0.1) is 5.82 Å². The zero-order valence-electron chi connectivity index (χ0n) is 13.1. The maximum atomic E-state index is 12.9. The topological polar surface area (TPSA) is 81.8 Å². The van der Waals surface area contributed by atoms with Crippen LogP contribution >= 0.6 is 0 Å². The van der Waals surface area contributed by atoms with Crippen LogP contribution in [0.1, 0.15) is 12.5 Å². The van der Waals surface area contributed by atoms with Crippen molar-refractivity contribution in [1.29, 1.82) is 0 Å². The van der Waals surface area contributed by atoms with Crippen LogP contribution in [0.3, 0.4) is 0 Å². The van der Waals surface area contributed by atoms with Crippen molar-refractivity contribution >= 4 is 16.9 Å². The van der Waals surface area contributed by atoms with Crippen LogP contribution in [-0.2, 0) is 17.9 Å². The van der Waals surface area contributed by atoms with E-state index in [1.807, 2.05) is 0 Å².